The number of nitrogens with one attached hydrogen (secondary N) is 1. The van der Waals surface area contributed by atoms with Gasteiger partial charge in [-0.25, -0.2) is 0 Å². The maximum absolute atomic E-state index is 5.34. The Morgan fingerprint density at radius 1 is 1.15 bits per heavy atom. The Labute approximate surface area is 122 Å². The van der Waals surface area contributed by atoms with E-state index in [1.54, 1.807) is 14.2 Å². The van der Waals surface area contributed by atoms with Gasteiger partial charge in [0.25, 0.3) is 0 Å². The summed E-state index contributed by atoms with van der Waals surface area (Å²) in [6.45, 7) is 3.40. The molecule has 0 spiro atoms. The molecule has 3 heteroatoms. The molecule has 1 N–H and O–H groups in total. The monoisotopic (exact) mass is 277 g/mol. The van der Waals surface area contributed by atoms with Gasteiger partial charge in [-0.05, 0) is 49.4 Å². The summed E-state index contributed by atoms with van der Waals surface area (Å²) < 4.78 is 10.6. The van der Waals surface area contributed by atoms with Crippen LogP contribution < -0.4 is 14.8 Å². The molecule has 0 amide bonds. The molecule has 0 aromatic heterocycles. The Morgan fingerprint density at radius 3 is 2.65 bits per heavy atom. The number of methoxy groups -OCH3 is 2. The lowest BCUT2D eigenvalue weighted by Crippen LogP contribution is -2.34. The third-order valence-corrected chi connectivity index (χ3v) is 4.23. The quantitative estimate of drug-likeness (QED) is 0.864. The number of ether oxygens (including phenoxy) is 2. The van der Waals surface area contributed by atoms with E-state index in [1.807, 2.05) is 6.07 Å². The van der Waals surface area contributed by atoms with Crippen LogP contribution in [0.3, 0.4) is 0 Å². The summed E-state index contributed by atoms with van der Waals surface area (Å²) in [4.78, 5) is 0. The molecular weight excluding hydrogens is 250 g/mol. The zero-order valence-corrected chi connectivity index (χ0v) is 12.9. The molecular formula is C17H27NO2. The zero-order chi connectivity index (χ0) is 14.4. The molecule has 1 saturated carbocycles. The molecule has 1 aliphatic carbocycles. The van der Waals surface area contributed by atoms with Gasteiger partial charge in [-0.1, -0.05) is 25.8 Å². The van der Waals surface area contributed by atoms with Gasteiger partial charge in [-0.2, -0.15) is 0 Å². The fraction of sp³-hybridized carbons (Fsp3) is 0.647. The second-order valence-electron chi connectivity index (χ2n) is 5.86. The summed E-state index contributed by atoms with van der Waals surface area (Å²) in [6.07, 6.45) is 6.45. The molecule has 2 unspecified atom stereocenters. The predicted molar refractivity (Wildman–Crippen MR) is 82.7 cm³/mol. The smallest absolute Gasteiger partial charge is 0.160 e. The van der Waals surface area contributed by atoms with Crippen LogP contribution in [0, 0.1) is 5.92 Å². The van der Waals surface area contributed by atoms with Crippen LogP contribution in [-0.4, -0.2) is 26.8 Å². The Morgan fingerprint density at radius 2 is 1.95 bits per heavy atom. The van der Waals surface area contributed by atoms with Gasteiger partial charge in [0.1, 0.15) is 0 Å². The molecule has 112 valence electrons. The van der Waals surface area contributed by atoms with E-state index in [-0.39, 0.29) is 0 Å². The molecule has 0 saturated heterocycles. The lowest BCUT2D eigenvalue weighted by atomic mass is 9.87. The van der Waals surface area contributed by atoms with Crippen LogP contribution >= 0.6 is 0 Å². The highest BCUT2D eigenvalue weighted by atomic mass is 16.5. The van der Waals surface area contributed by atoms with Gasteiger partial charge in [-0.3, -0.25) is 0 Å². The van der Waals surface area contributed by atoms with E-state index in [2.05, 4.69) is 24.4 Å². The van der Waals surface area contributed by atoms with Crippen molar-refractivity contribution in [3.8, 4) is 11.5 Å². The van der Waals surface area contributed by atoms with Crippen LogP contribution in [0.15, 0.2) is 18.2 Å². The third-order valence-electron chi connectivity index (χ3n) is 4.23. The molecule has 2 atom stereocenters. The Kier molecular flexibility index (Phi) is 5.72. The molecule has 0 aliphatic heterocycles. The van der Waals surface area contributed by atoms with Gasteiger partial charge in [0, 0.05) is 6.04 Å². The fourth-order valence-electron chi connectivity index (χ4n) is 3.08. The van der Waals surface area contributed by atoms with Gasteiger partial charge >= 0.3 is 0 Å². The highest BCUT2D eigenvalue weighted by Crippen LogP contribution is 2.28. The minimum Gasteiger partial charge on any atom is -0.493 e. The molecule has 1 aromatic carbocycles. The van der Waals surface area contributed by atoms with Crippen molar-refractivity contribution in [2.24, 2.45) is 5.92 Å². The van der Waals surface area contributed by atoms with E-state index in [0.29, 0.717) is 6.04 Å². The molecule has 3 nitrogen and oxygen atoms in total. The lowest BCUT2D eigenvalue weighted by Gasteiger charge is -2.27. The minimum absolute atomic E-state index is 0.707. The fourth-order valence-corrected chi connectivity index (χ4v) is 3.08. The first-order valence-corrected chi connectivity index (χ1v) is 7.67. The Hall–Kier alpha value is -1.22. The van der Waals surface area contributed by atoms with Gasteiger partial charge in [0.2, 0.25) is 0 Å². The topological polar surface area (TPSA) is 30.5 Å². The van der Waals surface area contributed by atoms with Gasteiger partial charge in [-0.15, -0.1) is 0 Å². The van der Waals surface area contributed by atoms with Crippen molar-refractivity contribution in [1.82, 2.24) is 5.32 Å². The molecule has 0 radical (unpaired) electrons. The summed E-state index contributed by atoms with van der Waals surface area (Å²) in [5.74, 6) is 2.49. The summed E-state index contributed by atoms with van der Waals surface area (Å²) >= 11 is 0. The molecule has 20 heavy (non-hydrogen) atoms. The number of hydrogen-bond donors (Lipinski definition) is 1. The van der Waals surface area contributed by atoms with Crippen LogP contribution in [-0.2, 0) is 6.42 Å². The highest BCUT2D eigenvalue weighted by Gasteiger charge is 2.17. The Bertz CT molecular complexity index is 419. The molecule has 2 rings (SSSR count). The second kappa shape index (κ2) is 7.53. The third kappa shape index (κ3) is 4.14. The molecule has 0 bridgehead atoms. The second-order valence-corrected chi connectivity index (χ2v) is 5.86. The van der Waals surface area contributed by atoms with Crippen LogP contribution in [0.25, 0.3) is 0 Å². The zero-order valence-electron chi connectivity index (χ0n) is 12.9. The van der Waals surface area contributed by atoms with Crippen molar-refractivity contribution < 1.29 is 9.47 Å². The van der Waals surface area contributed by atoms with Crippen molar-refractivity contribution in [1.29, 1.82) is 0 Å². The van der Waals surface area contributed by atoms with Crippen LogP contribution in [0.1, 0.15) is 38.2 Å². The largest absolute Gasteiger partial charge is 0.493 e. The van der Waals surface area contributed by atoms with Crippen LogP contribution in [0.2, 0.25) is 0 Å². The maximum Gasteiger partial charge on any atom is 0.160 e. The van der Waals surface area contributed by atoms with E-state index in [9.17, 15) is 0 Å². The standard InChI is InChI=1S/C17H27NO2/c1-13-5-4-6-15(11-13)18-10-9-14-7-8-16(19-2)17(12-14)20-3/h7-8,12-13,15,18H,4-6,9-11H2,1-3H3. The number of hydrogen-bond acceptors (Lipinski definition) is 3. The number of rotatable bonds is 6. The molecule has 0 heterocycles. The van der Waals surface area contributed by atoms with E-state index in [4.69, 9.17) is 9.47 Å². The summed E-state index contributed by atoms with van der Waals surface area (Å²) in [6, 6.07) is 6.88. The van der Waals surface area contributed by atoms with Crippen LogP contribution in [0.4, 0.5) is 0 Å². The Balaban J connectivity index is 1.81. The van der Waals surface area contributed by atoms with E-state index >= 15 is 0 Å². The first-order chi connectivity index (χ1) is 9.72. The molecule has 1 aliphatic rings. The SMILES string of the molecule is COc1ccc(CCNC2CCCC(C)C2)cc1OC. The minimum atomic E-state index is 0.707. The van der Waals surface area contributed by atoms with Crippen molar-refractivity contribution >= 4 is 0 Å². The van der Waals surface area contributed by atoms with Gasteiger partial charge in [0.05, 0.1) is 14.2 Å². The molecule has 1 aromatic rings. The summed E-state index contributed by atoms with van der Waals surface area (Å²) in [5, 5.41) is 3.69. The summed E-state index contributed by atoms with van der Waals surface area (Å²) in [5.41, 5.74) is 1.29. The predicted octanol–water partition coefficient (Wildman–Crippen LogP) is 3.41. The van der Waals surface area contributed by atoms with E-state index in [1.165, 1.54) is 31.2 Å². The normalized spacial score (nSPS) is 22.6. The first-order valence-electron chi connectivity index (χ1n) is 7.67. The van der Waals surface area contributed by atoms with Crippen molar-refractivity contribution in [3.05, 3.63) is 23.8 Å². The molecule has 1 fully saturated rings. The van der Waals surface area contributed by atoms with Crippen molar-refractivity contribution in [3.63, 3.8) is 0 Å². The average molecular weight is 277 g/mol. The number of benzene rings is 1. The highest BCUT2D eigenvalue weighted by molar-refractivity contribution is 5.42. The van der Waals surface area contributed by atoms with Crippen LogP contribution in [0.5, 0.6) is 11.5 Å². The summed E-state index contributed by atoms with van der Waals surface area (Å²) in [7, 11) is 3.35. The van der Waals surface area contributed by atoms with Gasteiger partial charge in [0.15, 0.2) is 11.5 Å². The van der Waals surface area contributed by atoms with Gasteiger partial charge < -0.3 is 14.8 Å². The average Bonchev–Trinajstić information content (AvgIpc) is 2.47. The first kappa shape index (κ1) is 15.2. The van der Waals surface area contributed by atoms with Crippen molar-refractivity contribution in [2.75, 3.05) is 20.8 Å². The van der Waals surface area contributed by atoms with E-state index < -0.39 is 0 Å². The lowest BCUT2D eigenvalue weighted by molar-refractivity contribution is 0.303. The maximum atomic E-state index is 5.34. The van der Waals surface area contributed by atoms with E-state index in [0.717, 1.165) is 30.4 Å². The van der Waals surface area contributed by atoms with Crippen molar-refractivity contribution in [2.45, 2.75) is 45.1 Å².